The van der Waals surface area contributed by atoms with Gasteiger partial charge in [0.1, 0.15) is 11.2 Å². The van der Waals surface area contributed by atoms with E-state index in [-0.39, 0.29) is 33.8 Å². The van der Waals surface area contributed by atoms with Gasteiger partial charge >= 0.3 is 0 Å². The second-order valence-electron chi connectivity index (χ2n) is 11.2. The molecule has 0 spiro atoms. The zero-order valence-corrected chi connectivity index (χ0v) is 25.2. The molecule has 0 atom stereocenters. The summed E-state index contributed by atoms with van der Waals surface area (Å²) >= 11 is 0. The normalized spacial score (nSPS) is 16.0. The fourth-order valence-corrected chi connectivity index (χ4v) is 6.20. The molecular formula is C45H27N3O. The lowest BCUT2D eigenvalue weighted by molar-refractivity contribution is 0.669. The predicted octanol–water partition coefficient (Wildman–Crippen LogP) is 11.9. The first kappa shape index (κ1) is 16.4. The average Bonchev–Trinajstić information content (AvgIpc) is 3.69. The van der Waals surface area contributed by atoms with E-state index in [1.807, 2.05) is 24.3 Å². The fraction of sp³-hybridized carbons (Fsp3) is 0. The van der Waals surface area contributed by atoms with Crippen molar-refractivity contribution in [1.29, 1.82) is 0 Å². The summed E-state index contributed by atoms with van der Waals surface area (Å²) in [7, 11) is 0. The summed E-state index contributed by atoms with van der Waals surface area (Å²) in [5, 5.41) is -0.980. The smallest absolute Gasteiger partial charge is 0.164 e. The molecule has 228 valence electrons. The Balaban J connectivity index is 1.39. The van der Waals surface area contributed by atoms with Gasteiger partial charge in [-0.25, -0.2) is 15.0 Å². The number of fused-ring (bicyclic) bond motifs is 7. The molecule has 4 heteroatoms. The number of aromatic nitrogens is 3. The fourth-order valence-electron chi connectivity index (χ4n) is 6.20. The van der Waals surface area contributed by atoms with Gasteiger partial charge in [-0.3, -0.25) is 0 Å². The molecule has 0 aliphatic carbocycles. The van der Waals surface area contributed by atoms with Gasteiger partial charge in [-0.2, -0.15) is 0 Å². The highest BCUT2D eigenvalue weighted by Gasteiger charge is 2.19. The van der Waals surface area contributed by atoms with Gasteiger partial charge in [-0.15, -0.1) is 0 Å². The van der Waals surface area contributed by atoms with Gasteiger partial charge in [0.15, 0.2) is 17.5 Å². The zero-order valence-electron chi connectivity index (χ0n) is 40.2. The van der Waals surface area contributed by atoms with Crippen molar-refractivity contribution in [3.63, 3.8) is 0 Å². The predicted molar refractivity (Wildman–Crippen MR) is 201 cm³/mol. The van der Waals surface area contributed by atoms with E-state index in [1.54, 1.807) is 48.5 Å². The van der Waals surface area contributed by atoms with E-state index in [2.05, 4.69) is 0 Å². The van der Waals surface area contributed by atoms with Gasteiger partial charge in [0, 0.05) is 27.5 Å². The van der Waals surface area contributed by atoms with Crippen molar-refractivity contribution < 1.29 is 25.0 Å². The molecule has 0 unspecified atom stereocenters. The summed E-state index contributed by atoms with van der Waals surface area (Å²) in [4.78, 5) is 14.5. The summed E-state index contributed by atoms with van der Waals surface area (Å²) in [6.45, 7) is 0. The molecule has 0 fully saturated rings. The van der Waals surface area contributed by atoms with Crippen LogP contribution in [-0.4, -0.2) is 15.0 Å². The molecule has 10 aromatic rings. The molecule has 2 aromatic heterocycles. The molecule has 0 saturated carbocycles. The molecule has 0 N–H and O–H groups in total. The maximum absolute atomic E-state index is 9.35. The molecule has 2 heterocycles. The Bertz CT molecular complexity index is 3750. The molecule has 0 radical (unpaired) electrons. The summed E-state index contributed by atoms with van der Waals surface area (Å²) < 4.78 is 141. The number of furan rings is 1. The van der Waals surface area contributed by atoms with Gasteiger partial charge in [-0.1, -0.05) is 151 Å². The van der Waals surface area contributed by atoms with E-state index in [1.165, 1.54) is 0 Å². The molecule has 0 aliphatic heterocycles. The van der Waals surface area contributed by atoms with E-state index in [0.29, 0.717) is 27.7 Å². The number of para-hydroxylation sites is 1. The minimum atomic E-state index is -0.798. The first-order valence-electron chi connectivity index (χ1n) is 22.7. The highest BCUT2D eigenvalue weighted by molar-refractivity contribution is 6.15. The van der Waals surface area contributed by atoms with Gasteiger partial charge in [0.25, 0.3) is 0 Å². The molecule has 8 aromatic carbocycles. The lowest BCUT2D eigenvalue weighted by Gasteiger charge is -2.14. The Kier molecular flexibility index (Phi) is 3.68. The van der Waals surface area contributed by atoms with Gasteiger partial charge in [-0.05, 0) is 55.6 Å². The summed E-state index contributed by atoms with van der Waals surface area (Å²) in [5.74, 6) is -0.0199. The van der Waals surface area contributed by atoms with Crippen LogP contribution in [-0.2, 0) is 0 Å². The molecule has 0 saturated heterocycles. The molecular weight excluding hydrogens is 599 g/mol. The van der Waals surface area contributed by atoms with Crippen LogP contribution in [0.5, 0.6) is 0 Å². The maximum Gasteiger partial charge on any atom is 0.164 e. The quantitative estimate of drug-likeness (QED) is 0.180. The van der Waals surface area contributed by atoms with Crippen LogP contribution in [0.25, 0.3) is 99.5 Å². The van der Waals surface area contributed by atoms with E-state index >= 15 is 0 Å². The van der Waals surface area contributed by atoms with Gasteiger partial charge in [0.2, 0.25) is 0 Å². The third-order valence-electron chi connectivity index (χ3n) is 8.41. The Labute approximate surface area is 303 Å². The Morgan fingerprint density at radius 1 is 0.388 bits per heavy atom. The second kappa shape index (κ2) is 11.0. The Morgan fingerprint density at radius 3 is 1.84 bits per heavy atom. The van der Waals surface area contributed by atoms with Crippen LogP contribution in [0, 0.1) is 0 Å². The molecule has 4 nitrogen and oxygen atoms in total. The monoisotopic (exact) mass is 640 g/mol. The molecule has 0 bridgehead atoms. The number of benzene rings is 8. The van der Waals surface area contributed by atoms with Crippen LogP contribution in [0.1, 0.15) is 20.6 Å². The van der Waals surface area contributed by atoms with Crippen LogP contribution in [0.3, 0.4) is 0 Å². The standard InChI is InChI=1S/C45H27N3O/c1-2-13-29(14-3-1)43-46-44(48-45(47-43)39-23-11-25-41-42(39)38-16-6-7-24-40(38)49-41)37-22-10-20-33-32(18-9-21-35(33)37)34-19-8-17-31-30-15-5-4-12-28(30)26-27-36(31)34/h1-27H/i4D,5D,8D,9D,10D,12D,15D,17D,18D,19D,20D,21D,22D,26D,27D. The van der Waals surface area contributed by atoms with Crippen LogP contribution < -0.4 is 0 Å². The van der Waals surface area contributed by atoms with Crippen molar-refractivity contribution in [2.24, 2.45) is 0 Å². The Morgan fingerprint density at radius 2 is 1.00 bits per heavy atom. The first-order valence-corrected chi connectivity index (χ1v) is 15.2. The van der Waals surface area contributed by atoms with Crippen molar-refractivity contribution in [2.75, 3.05) is 0 Å². The highest BCUT2D eigenvalue weighted by atomic mass is 16.3. The van der Waals surface area contributed by atoms with E-state index in [9.17, 15) is 8.22 Å². The topological polar surface area (TPSA) is 51.8 Å². The number of nitrogens with zero attached hydrogens (tertiary/aromatic N) is 3. The first-order chi connectivity index (χ1) is 30.5. The van der Waals surface area contributed by atoms with E-state index in [0.717, 1.165) is 5.39 Å². The molecule has 0 amide bonds. The minimum Gasteiger partial charge on any atom is -0.456 e. The van der Waals surface area contributed by atoms with Crippen LogP contribution in [0.2, 0.25) is 0 Å². The van der Waals surface area contributed by atoms with Crippen LogP contribution >= 0.6 is 0 Å². The number of hydrogen-bond acceptors (Lipinski definition) is 4. The van der Waals surface area contributed by atoms with Crippen molar-refractivity contribution in [3.8, 4) is 45.3 Å². The molecule has 10 rings (SSSR count). The average molecular weight is 641 g/mol. The largest absolute Gasteiger partial charge is 0.456 e. The maximum atomic E-state index is 9.35. The SMILES string of the molecule is [2H]c1c([2H])c(-c2c([2H])c([2H])c([2H])c3c2c([2H])c([2H])c2c([2H])c([2H])c([2H])c([2H])c23)c2c([2H])c([2H])c([2H])c(-c3nc(-c4ccccc4)nc(-c4cccc5oc6ccccc6c45)n3)c2c1[2H]. The lowest BCUT2D eigenvalue weighted by atomic mass is 9.91. The van der Waals surface area contributed by atoms with Crippen LogP contribution in [0.15, 0.2) is 168 Å². The Hall–Kier alpha value is -6.65. The third-order valence-corrected chi connectivity index (χ3v) is 8.41. The zero-order chi connectivity index (χ0) is 45.4. The van der Waals surface area contributed by atoms with E-state index in [4.69, 9.17) is 31.7 Å². The van der Waals surface area contributed by atoms with Crippen molar-refractivity contribution in [1.82, 2.24) is 15.0 Å². The minimum absolute atomic E-state index is 0.104. The second-order valence-corrected chi connectivity index (χ2v) is 11.2. The summed E-state index contributed by atoms with van der Waals surface area (Å²) in [6, 6.07) is 10.8. The summed E-state index contributed by atoms with van der Waals surface area (Å²) in [6.07, 6.45) is 0. The third kappa shape index (κ3) is 4.42. The lowest BCUT2D eigenvalue weighted by Crippen LogP contribution is -2.01. The van der Waals surface area contributed by atoms with Crippen LogP contribution in [0.4, 0.5) is 0 Å². The van der Waals surface area contributed by atoms with Crippen molar-refractivity contribution in [2.45, 2.75) is 0 Å². The highest BCUT2D eigenvalue weighted by Crippen LogP contribution is 2.40. The van der Waals surface area contributed by atoms with Crippen molar-refractivity contribution in [3.05, 3.63) is 163 Å². The molecule has 49 heavy (non-hydrogen) atoms. The number of hydrogen-bond donors (Lipinski definition) is 0. The van der Waals surface area contributed by atoms with Gasteiger partial charge in [0.05, 0.1) is 20.6 Å². The van der Waals surface area contributed by atoms with Gasteiger partial charge < -0.3 is 4.42 Å². The van der Waals surface area contributed by atoms with Crippen molar-refractivity contribution >= 4 is 54.3 Å². The molecule has 0 aliphatic rings. The van der Waals surface area contributed by atoms with E-state index < -0.39 is 123 Å². The summed E-state index contributed by atoms with van der Waals surface area (Å²) in [5.41, 5.74) is 0.853. The number of rotatable bonds is 4.